The molecule has 0 aromatic heterocycles. The lowest BCUT2D eigenvalue weighted by Gasteiger charge is -2.15. The molecule has 1 saturated carbocycles. The summed E-state index contributed by atoms with van der Waals surface area (Å²) in [5.74, 6) is -1.20. The summed E-state index contributed by atoms with van der Waals surface area (Å²) in [7, 11) is 1.51. The Balaban J connectivity index is 2.10. The lowest BCUT2D eigenvalue weighted by Crippen LogP contribution is -2.22. The zero-order valence-electron chi connectivity index (χ0n) is 12.0. The molecule has 6 heteroatoms. The van der Waals surface area contributed by atoms with E-state index in [1.807, 2.05) is 6.92 Å². The fourth-order valence-electron chi connectivity index (χ4n) is 2.61. The number of hydrogen-bond acceptors (Lipinski definition) is 3. The van der Waals surface area contributed by atoms with Crippen molar-refractivity contribution in [3.05, 3.63) is 22.7 Å². The van der Waals surface area contributed by atoms with Gasteiger partial charge in [-0.3, -0.25) is 9.59 Å². The molecular weight excluding hydrogens is 294 g/mol. The molecular formula is C15H18ClNO4. The fraction of sp³-hybridized carbons (Fsp3) is 0.467. The predicted octanol–water partition coefficient (Wildman–Crippen LogP) is 3.10. The number of rotatable bonds is 4. The minimum absolute atomic E-state index is 0.168. The van der Waals surface area contributed by atoms with Crippen LogP contribution in [0, 0.1) is 18.8 Å². The number of benzene rings is 1. The van der Waals surface area contributed by atoms with Gasteiger partial charge in [-0.15, -0.1) is 0 Å². The van der Waals surface area contributed by atoms with Crippen molar-refractivity contribution in [3.63, 3.8) is 0 Å². The SMILES string of the molecule is COc1cc(Cl)c(C)cc1NC(=O)C1CCC(C(=O)O)C1. The van der Waals surface area contributed by atoms with Crippen molar-refractivity contribution in [1.29, 1.82) is 0 Å². The number of nitrogens with one attached hydrogen (secondary N) is 1. The van der Waals surface area contributed by atoms with Gasteiger partial charge in [0.15, 0.2) is 0 Å². The number of ether oxygens (including phenoxy) is 1. The highest BCUT2D eigenvalue weighted by molar-refractivity contribution is 6.31. The van der Waals surface area contributed by atoms with Crippen LogP contribution < -0.4 is 10.1 Å². The second-order valence-corrected chi connectivity index (χ2v) is 5.74. The van der Waals surface area contributed by atoms with Crippen molar-refractivity contribution >= 4 is 29.2 Å². The van der Waals surface area contributed by atoms with Crippen LogP contribution in [0.4, 0.5) is 5.69 Å². The van der Waals surface area contributed by atoms with E-state index in [4.69, 9.17) is 21.4 Å². The lowest BCUT2D eigenvalue weighted by molar-refractivity contribution is -0.141. The van der Waals surface area contributed by atoms with Crippen LogP contribution in [0.2, 0.25) is 5.02 Å². The Labute approximate surface area is 128 Å². The van der Waals surface area contributed by atoms with Gasteiger partial charge in [-0.05, 0) is 37.8 Å². The Morgan fingerprint density at radius 1 is 1.33 bits per heavy atom. The Bertz CT molecular complexity index is 573. The molecule has 1 aromatic rings. The van der Waals surface area contributed by atoms with E-state index in [1.54, 1.807) is 12.1 Å². The third-order valence-electron chi connectivity index (χ3n) is 3.89. The number of carbonyl (C=O) groups excluding carboxylic acids is 1. The molecule has 2 unspecified atom stereocenters. The summed E-state index contributed by atoms with van der Waals surface area (Å²) in [6.45, 7) is 1.84. The smallest absolute Gasteiger partial charge is 0.306 e. The highest BCUT2D eigenvalue weighted by atomic mass is 35.5. The molecule has 0 heterocycles. The maximum atomic E-state index is 12.3. The predicted molar refractivity (Wildman–Crippen MR) is 79.8 cm³/mol. The summed E-state index contributed by atoms with van der Waals surface area (Å²) in [4.78, 5) is 23.2. The van der Waals surface area contributed by atoms with Gasteiger partial charge in [-0.1, -0.05) is 11.6 Å². The third kappa shape index (κ3) is 3.47. The minimum atomic E-state index is -0.829. The largest absolute Gasteiger partial charge is 0.495 e. The van der Waals surface area contributed by atoms with Gasteiger partial charge in [0.25, 0.3) is 0 Å². The number of carboxylic acids is 1. The molecule has 0 bridgehead atoms. The van der Waals surface area contributed by atoms with Crippen molar-refractivity contribution in [2.24, 2.45) is 11.8 Å². The number of amides is 1. The molecule has 1 aliphatic rings. The zero-order chi connectivity index (χ0) is 15.6. The van der Waals surface area contributed by atoms with Gasteiger partial charge in [0.05, 0.1) is 18.7 Å². The average Bonchev–Trinajstić information content (AvgIpc) is 2.92. The lowest BCUT2D eigenvalue weighted by atomic mass is 10.0. The molecule has 1 fully saturated rings. The Hall–Kier alpha value is -1.75. The van der Waals surface area contributed by atoms with E-state index in [0.29, 0.717) is 35.7 Å². The molecule has 1 aromatic carbocycles. The molecule has 2 rings (SSSR count). The maximum absolute atomic E-state index is 12.3. The van der Waals surface area contributed by atoms with E-state index in [1.165, 1.54) is 7.11 Å². The van der Waals surface area contributed by atoms with Gasteiger partial charge in [0.1, 0.15) is 5.75 Å². The first kappa shape index (κ1) is 15.6. The number of hydrogen-bond donors (Lipinski definition) is 2. The van der Waals surface area contributed by atoms with Crippen LogP contribution >= 0.6 is 11.6 Å². The van der Waals surface area contributed by atoms with Crippen molar-refractivity contribution in [1.82, 2.24) is 0 Å². The van der Waals surface area contributed by atoms with E-state index in [2.05, 4.69) is 5.32 Å². The van der Waals surface area contributed by atoms with Crippen LogP contribution in [0.15, 0.2) is 12.1 Å². The average molecular weight is 312 g/mol. The molecule has 1 amide bonds. The summed E-state index contributed by atoms with van der Waals surface area (Å²) in [5, 5.41) is 12.4. The topological polar surface area (TPSA) is 75.6 Å². The molecule has 0 aliphatic heterocycles. The van der Waals surface area contributed by atoms with Crippen LogP contribution in [0.25, 0.3) is 0 Å². The van der Waals surface area contributed by atoms with Gasteiger partial charge in [0, 0.05) is 17.0 Å². The van der Waals surface area contributed by atoms with E-state index < -0.39 is 11.9 Å². The number of aryl methyl sites for hydroxylation is 1. The van der Waals surface area contributed by atoms with Crippen LogP contribution in [0.1, 0.15) is 24.8 Å². The quantitative estimate of drug-likeness (QED) is 0.896. The van der Waals surface area contributed by atoms with Crippen LogP contribution in [0.3, 0.4) is 0 Å². The Morgan fingerprint density at radius 3 is 2.57 bits per heavy atom. The van der Waals surface area contributed by atoms with Gasteiger partial charge in [-0.2, -0.15) is 0 Å². The number of methoxy groups -OCH3 is 1. The number of anilines is 1. The Morgan fingerprint density at radius 2 is 2.00 bits per heavy atom. The first-order valence-corrected chi connectivity index (χ1v) is 7.18. The summed E-state index contributed by atoms with van der Waals surface area (Å²) >= 11 is 6.02. The van der Waals surface area contributed by atoms with Crippen molar-refractivity contribution in [2.75, 3.05) is 12.4 Å². The number of carbonyl (C=O) groups is 2. The fourth-order valence-corrected chi connectivity index (χ4v) is 2.76. The number of aliphatic carboxylic acids is 1. The van der Waals surface area contributed by atoms with Crippen LogP contribution in [-0.4, -0.2) is 24.1 Å². The molecule has 2 N–H and O–H groups in total. The standard InChI is InChI=1S/C15H18ClNO4/c1-8-5-12(13(21-2)7-11(8)16)17-14(18)9-3-4-10(6-9)15(19)20/h5,7,9-10H,3-4,6H2,1-2H3,(H,17,18)(H,19,20). The minimum Gasteiger partial charge on any atom is -0.495 e. The molecule has 0 spiro atoms. The number of carboxylic acid groups (broad SMARTS) is 1. The van der Waals surface area contributed by atoms with Gasteiger partial charge in [0.2, 0.25) is 5.91 Å². The normalized spacial score (nSPS) is 21.1. The van der Waals surface area contributed by atoms with Crippen molar-refractivity contribution < 1.29 is 19.4 Å². The number of halogens is 1. The monoisotopic (exact) mass is 311 g/mol. The third-order valence-corrected chi connectivity index (χ3v) is 4.30. The first-order chi connectivity index (χ1) is 9.92. The second kappa shape index (κ2) is 6.35. The second-order valence-electron chi connectivity index (χ2n) is 5.34. The highest BCUT2D eigenvalue weighted by Gasteiger charge is 2.34. The van der Waals surface area contributed by atoms with Gasteiger partial charge in [-0.25, -0.2) is 0 Å². The molecule has 2 atom stereocenters. The van der Waals surface area contributed by atoms with Gasteiger partial charge < -0.3 is 15.2 Å². The van der Waals surface area contributed by atoms with E-state index >= 15 is 0 Å². The molecule has 0 radical (unpaired) electrons. The molecule has 0 saturated heterocycles. The molecule has 21 heavy (non-hydrogen) atoms. The van der Waals surface area contributed by atoms with Crippen LogP contribution in [0.5, 0.6) is 5.75 Å². The molecule has 5 nitrogen and oxygen atoms in total. The zero-order valence-corrected chi connectivity index (χ0v) is 12.7. The van der Waals surface area contributed by atoms with E-state index in [0.717, 1.165) is 5.56 Å². The van der Waals surface area contributed by atoms with Crippen LogP contribution in [-0.2, 0) is 9.59 Å². The highest BCUT2D eigenvalue weighted by Crippen LogP contribution is 2.34. The Kier molecular flexibility index (Phi) is 4.73. The van der Waals surface area contributed by atoms with Gasteiger partial charge >= 0.3 is 5.97 Å². The first-order valence-electron chi connectivity index (χ1n) is 6.80. The molecule has 1 aliphatic carbocycles. The van der Waals surface area contributed by atoms with Crippen molar-refractivity contribution in [3.8, 4) is 5.75 Å². The molecule has 114 valence electrons. The van der Waals surface area contributed by atoms with E-state index in [9.17, 15) is 9.59 Å². The summed E-state index contributed by atoms with van der Waals surface area (Å²) < 4.78 is 5.21. The van der Waals surface area contributed by atoms with Crippen molar-refractivity contribution in [2.45, 2.75) is 26.2 Å². The summed E-state index contributed by atoms with van der Waals surface area (Å²) in [6.07, 6.45) is 1.53. The summed E-state index contributed by atoms with van der Waals surface area (Å²) in [6, 6.07) is 3.41. The maximum Gasteiger partial charge on any atom is 0.306 e. The summed E-state index contributed by atoms with van der Waals surface area (Å²) in [5.41, 5.74) is 1.39. The van der Waals surface area contributed by atoms with E-state index in [-0.39, 0.29) is 11.8 Å².